The standard InChI is InChI=1S/C19H17F3N4O3S/c1-24(2)17(28)15-9-12(7-8-23-15)10-25-11-16(27)26(18(25)29)13-3-5-14(6-4-13)30-19(20,21)22/h3-9H,10-11H2,1-2H3. The average molecular weight is 438 g/mol. The van der Waals surface area contributed by atoms with Crippen LogP contribution in [0.1, 0.15) is 16.1 Å². The summed E-state index contributed by atoms with van der Waals surface area (Å²) < 4.78 is 37.4. The van der Waals surface area contributed by atoms with Gasteiger partial charge in [-0.05, 0) is 53.7 Å². The highest BCUT2D eigenvalue weighted by atomic mass is 32.2. The fourth-order valence-electron chi connectivity index (χ4n) is 2.86. The summed E-state index contributed by atoms with van der Waals surface area (Å²) in [4.78, 5) is 44.7. The van der Waals surface area contributed by atoms with Gasteiger partial charge in [0.2, 0.25) is 0 Å². The number of benzene rings is 1. The Balaban J connectivity index is 1.74. The van der Waals surface area contributed by atoms with Crippen molar-refractivity contribution < 1.29 is 27.6 Å². The fourth-order valence-corrected chi connectivity index (χ4v) is 3.40. The van der Waals surface area contributed by atoms with Crippen molar-refractivity contribution >= 4 is 35.3 Å². The third-order valence-corrected chi connectivity index (χ3v) is 4.93. The Morgan fingerprint density at radius 2 is 1.83 bits per heavy atom. The van der Waals surface area contributed by atoms with Crippen molar-refractivity contribution in [2.45, 2.75) is 16.9 Å². The van der Waals surface area contributed by atoms with Gasteiger partial charge in [0, 0.05) is 31.7 Å². The molecule has 2 heterocycles. The Morgan fingerprint density at radius 3 is 2.43 bits per heavy atom. The van der Waals surface area contributed by atoms with Crippen molar-refractivity contribution in [3.8, 4) is 0 Å². The van der Waals surface area contributed by atoms with Crippen molar-refractivity contribution in [3.63, 3.8) is 0 Å². The number of anilines is 1. The molecule has 1 saturated heterocycles. The summed E-state index contributed by atoms with van der Waals surface area (Å²) in [5, 5.41) is 0. The molecule has 7 nitrogen and oxygen atoms in total. The van der Waals surface area contributed by atoms with Crippen LogP contribution in [0.25, 0.3) is 0 Å². The van der Waals surface area contributed by atoms with E-state index < -0.39 is 17.4 Å². The third kappa shape index (κ3) is 4.90. The molecule has 3 rings (SSSR count). The van der Waals surface area contributed by atoms with E-state index in [4.69, 9.17) is 0 Å². The molecular formula is C19H17F3N4O3S. The molecule has 0 spiro atoms. The molecule has 158 valence electrons. The SMILES string of the molecule is CN(C)C(=O)c1cc(CN2CC(=O)N(c3ccc(SC(F)(F)F)cc3)C2=O)ccn1. The third-order valence-electron chi connectivity index (χ3n) is 4.19. The molecule has 1 aromatic heterocycles. The number of halogens is 3. The molecule has 0 saturated carbocycles. The molecule has 11 heteroatoms. The number of imide groups is 1. The zero-order valence-electron chi connectivity index (χ0n) is 16.0. The summed E-state index contributed by atoms with van der Waals surface area (Å²) in [5.41, 5.74) is -3.40. The summed E-state index contributed by atoms with van der Waals surface area (Å²) in [6, 6.07) is 7.61. The van der Waals surface area contributed by atoms with Crippen LogP contribution in [-0.2, 0) is 11.3 Å². The van der Waals surface area contributed by atoms with Gasteiger partial charge in [-0.2, -0.15) is 13.2 Å². The first-order valence-electron chi connectivity index (χ1n) is 8.69. The lowest BCUT2D eigenvalue weighted by atomic mass is 10.2. The summed E-state index contributed by atoms with van der Waals surface area (Å²) >= 11 is -0.274. The smallest absolute Gasteiger partial charge is 0.343 e. The molecule has 1 aliphatic rings. The number of carbonyl (C=O) groups is 3. The van der Waals surface area contributed by atoms with Crippen molar-refractivity contribution in [1.29, 1.82) is 0 Å². The molecule has 30 heavy (non-hydrogen) atoms. The number of rotatable bonds is 5. The van der Waals surface area contributed by atoms with Crippen LogP contribution in [-0.4, -0.2) is 58.8 Å². The van der Waals surface area contributed by atoms with E-state index in [1.807, 2.05) is 0 Å². The van der Waals surface area contributed by atoms with Crippen molar-refractivity contribution in [1.82, 2.24) is 14.8 Å². The first kappa shape index (κ1) is 21.6. The van der Waals surface area contributed by atoms with E-state index >= 15 is 0 Å². The normalized spacial score (nSPS) is 14.4. The fraction of sp³-hybridized carbons (Fsp3) is 0.263. The van der Waals surface area contributed by atoms with Crippen LogP contribution >= 0.6 is 11.8 Å². The van der Waals surface area contributed by atoms with Crippen LogP contribution in [0.15, 0.2) is 47.5 Å². The second-order valence-corrected chi connectivity index (χ2v) is 7.80. The van der Waals surface area contributed by atoms with E-state index in [9.17, 15) is 27.6 Å². The predicted octanol–water partition coefficient (Wildman–Crippen LogP) is 3.36. The molecule has 0 N–H and O–H groups in total. The number of amides is 4. The lowest BCUT2D eigenvalue weighted by Gasteiger charge is -2.18. The van der Waals surface area contributed by atoms with Gasteiger partial charge in [-0.1, -0.05) is 0 Å². The second kappa shape index (κ2) is 8.34. The zero-order valence-corrected chi connectivity index (χ0v) is 16.8. The maximum Gasteiger partial charge on any atom is 0.446 e. The minimum absolute atomic E-state index is 0.0444. The summed E-state index contributed by atoms with van der Waals surface area (Å²) in [7, 11) is 3.19. The Morgan fingerprint density at radius 1 is 1.17 bits per heavy atom. The number of hydrogen-bond acceptors (Lipinski definition) is 5. The van der Waals surface area contributed by atoms with E-state index in [1.54, 1.807) is 26.2 Å². The van der Waals surface area contributed by atoms with Crippen LogP contribution < -0.4 is 4.90 Å². The number of alkyl halides is 3. The largest absolute Gasteiger partial charge is 0.446 e. The lowest BCUT2D eigenvalue weighted by molar-refractivity contribution is -0.116. The number of urea groups is 1. The molecule has 1 aliphatic heterocycles. The highest BCUT2D eigenvalue weighted by molar-refractivity contribution is 8.00. The van der Waals surface area contributed by atoms with Crippen molar-refractivity contribution in [2.75, 3.05) is 25.5 Å². The number of nitrogens with zero attached hydrogens (tertiary/aromatic N) is 4. The molecule has 0 bridgehead atoms. The highest BCUT2D eigenvalue weighted by Gasteiger charge is 2.37. The molecule has 0 unspecified atom stereocenters. The van der Waals surface area contributed by atoms with Crippen LogP contribution in [0.3, 0.4) is 0 Å². The van der Waals surface area contributed by atoms with Crippen molar-refractivity contribution in [3.05, 3.63) is 53.9 Å². The Kier molecular flexibility index (Phi) is 6.01. The maximum atomic E-state index is 12.7. The van der Waals surface area contributed by atoms with E-state index in [-0.39, 0.29) is 47.0 Å². The molecule has 0 radical (unpaired) electrons. The Hall–Kier alpha value is -3.08. The molecule has 2 aromatic rings. The Bertz CT molecular complexity index is 980. The van der Waals surface area contributed by atoms with Gasteiger partial charge in [0.05, 0.1) is 5.69 Å². The lowest BCUT2D eigenvalue weighted by Crippen LogP contribution is -2.32. The molecule has 0 atom stereocenters. The van der Waals surface area contributed by atoms with Crippen LogP contribution in [0.2, 0.25) is 0 Å². The minimum Gasteiger partial charge on any atom is -0.343 e. The van der Waals surface area contributed by atoms with Gasteiger partial charge in [0.15, 0.2) is 0 Å². The first-order valence-corrected chi connectivity index (χ1v) is 9.51. The topological polar surface area (TPSA) is 73.8 Å². The van der Waals surface area contributed by atoms with Gasteiger partial charge in [-0.25, -0.2) is 9.69 Å². The molecule has 0 aliphatic carbocycles. The summed E-state index contributed by atoms with van der Waals surface area (Å²) in [5.74, 6) is -0.783. The van der Waals surface area contributed by atoms with E-state index in [0.717, 1.165) is 4.90 Å². The summed E-state index contributed by atoms with van der Waals surface area (Å²) in [6.45, 7) is -0.101. The Labute approximate surface area is 174 Å². The molecular weight excluding hydrogens is 421 g/mol. The van der Waals surface area contributed by atoms with Crippen LogP contribution in [0.5, 0.6) is 0 Å². The van der Waals surface area contributed by atoms with E-state index in [1.165, 1.54) is 40.3 Å². The number of pyridine rings is 1. The maximum absolute atomic E-state index is 12.7. The summed E-state index contributed by atoms with van der Waals surface area (Å²) in [6.07, 6.45) is 1.45. The van der Waals surface area contributed by atoms with Gasteiger partial charge >= 0.3 is 11.5 Å². The zero-order chi connectivity index (χ0) is 22.1. The van der Waals surface area contributed by atoms with Gasteiger partial charge in [-0.3, -0.25) is 14.6 Å². The van der Waals surface area contributed by atoms with Crippen molar-refractivity contribution in [2.24, 2.45) is 0 Å². The van der Waals surface area contributed by atoms with Gasteiger partial charge in [-0.15, -0.1) is 0 Å². The molecule has 1 aromatic carbocycles. The quantitative estimate of drug-likeness (QED) is 0.529. The minimum atomic E-state index is -4.42. The monoisotopic (exact) mass is 438 g/mol. The molecule has 1 fully saturated rings. The molecule has 4 amide bonds. The first-order chi connectivity index (χ1) is 14.0. The predicted molar refractivity (Wildman–Crippen MR) is 104 cm³/mol. The second-order valence-electron chi connectivity index (χ2n) is 6.66. The van der Waals surface area contributed by atoms with Gasteiger partial charge in [0.1, 0.15) is 12.2 Å². The van der Waals surface area contributed by atoms with Gasteiger partial charge in [0.25, 0.3) is 11.8 Å². The van der Waals surface area contributed by atoms with Crippen LogP contribution in [0, 0.1) is 0 Å². The van der Waals surface area contributed by atoms with E-state index in [0.29, 0.717) is 5.56 Å². The number of thioether (sulfide) groups is 1. The number of hydrogen-bond donors (Lipinski definition) is 0. The number of aromatic nitrogens is 1. The van der Waals surface area contributed by atoms with Crippen LogP contribution in [0.4, 0.5) is 23.7 Å². The average Bonchev–Trinajstić information content (AvgIpc) is 2.94. The number of carbonyl (C=O) groups excluding carboxylic acids is 3. The van der Waals surface area contributed by atoms with E-state index in [2.05, 4.69) is 4.98 Å². The highest BCUT2D eigenvalue weighted by Crippen LogP contribution is 2.37. The van der Waals surface area contributed by atoms with Gasteiger partial charge < -0.3 is 9.80 Å².